The summed E-state index contributed by atoms with van der Waals surface area (Å²) >= 11 is 3.37. The SMILES string of the molecule is O=c1[nH]c(-c2ccc[nH]2)nc(C2CCCC2)c1Br. The van der Waals surface area contributed by atoms with Crippen LogP contribution < -0.4 is 5.56 Å². The first-order valence-corrected chi connectivity index (χ1v) is 6.98. The summed E-state index contributed by atoms with van der Waals surface area (Å²) in [6.45, 7) is 0. The zero-order valence-corrected chi connectivity index (χ0v) is 11.5. The molecular weight excluding hydrogens is 294 g/mol. The number of H-pyrrole nitrogens is 2. The van der Waals surface area contributed by atoms with Crippen LogP contribution in [0.2, 0.25) is 0 Å². The van der Waals surface area contributed by atoms with Gasteiger partial charge in [0.2, 0.25) is 0 Å². The first kappa shape index (κ1) is 11.7. The third-order valence-electron chi connectivity index (χ3n) is 3.48. The van der Waals surface area contributed by atoms with Crippen molar-refractivity contribution in [2.45, 2.75) is 31.6 Å². The van der Waals surface area contributed by atoms with Gasteiger partial charge < -0.3 is 9.97 Å². The molecule has 2 aromatic heterocycles. The van der Waals surface area contributed by atoms with E-state index in [9.17, 15) is 4.79 Å². The summed E-state index contributed by atoms with van der Waals surface area (Å²) in [6.07, 6.45) is 6.53. The van der Waals surface area contributed by atoms with Gasteiger partial charge in [-0.15, -0.1) is 0 Å². The van der Waals surface area contributed by atoms with Gasteiger partial charge in [-0.05, 0) is 40.9 Å². The van der Waals surface area contributed by atoms with Gasteiger partial charge in [-0.1, -0.05) is 12.8 Å². The molecule has 94 valence electrons. The van der Waals surface area contributed by atoms with Gasteiger partial charge in [-0.3, -0.25) is 4.79 Å². The summed E-state index contributed by atoms with van der Waals surface area (Å²) < 4.78 is 0.588. The highest BCUT2D eigenvalue weighted by Gasteiger charge is 2.23. The van der Waals surface area contributed by atoms with E-state index >= 15 is 0 Å². The van der Waals surface area contributed by atoms with Gasteiger partial charge in [-0.25, -0.2) is 4.98 Å². The van der Waals surface area contributed by atoms with Crippen molar-refractivity contribution < 1.29 is 0 Å². The largest absolute Gasteiger partial charge is 0.359 e. The molecule has 1 aliphatic carbocycles. The summed E-state index contributed by atoms with van der Waals surface area (Å²) in [5.41, 5.74) is 1.65. The van der Waals surface area contributed by atoms with E-state index in [-0.39, 0.29) is 5.56 Å². The van der Waals surface area contributed by atoms with Crippen LogP contribution in [0.1, 0.15) is 37.3 Å². The maximum atomic E-state index is 12.0. The van der Waals surface area contributed by atoms with Gasteiger partial charge in [0, 0.05) is 12.1 Å². The molecule has 0 spiro atoms. The molecule has 0 radical (unpaired) electrons. The van der Waals surface area contributed by atoms with Crippen molar-refractivity contribution in [3.8, 4) is 11.5 Å². The van der Waals surface area contributed by atoms with E-state index in [1.54, 1.807) is 0 Å². The lowest BCUT2D eigenvalue weighted by molar-refractivity contribution is 0.688. The maximum Gasteiger partial charge on any atom is 0.265 e. The first-order valence-electron chi connectivity index (χ1n) is 6.19. The predicted molar refractivity (Wildman–Crippen MR) is 73.6 cm³/mol. The van der Waals surface area contributed by atoms with Crippen LogP contribution in [0.4, 0.5) is 0 Å². The van der Waals surface area contributed by atoms with Crippen molar-refractivity contribution in [1.82, 2.24) is 15.0 Å². The Morgan fingerprint density at radius 1 is 1.33 bits per heavy atom. The monoisotopic (exact) mass is 307 g/mol. The number of aromatic nitrogens is 3. The molecule has 2 aromatic rings. The highest BCUT2D eigenvalue weighted by atomic mass is 79.9. The van der Waals surface area contributed by atoms with E-state index in [0.29, 0.717) is 16.2 Å². The predicted octanol–water partition coefficient (Wildman–Crippen LogP) is 3.19. The Morgan fingerprint density at radius 3 is 2.78 bits per heavy atom. The van der Waals surface area contributed by atoms with Crippen molar-refractivity contribution in [2.24, 2.45) is 0 Å². The van der Waals surface area contributed by atoms with Crippen molar-refractivity contribution in [1.29, 1.82) is 0 Å². The third-order valence-corrected chi connectivity index (χ3v) is 4.25. The summed E-state index contributed by atoms with van der Waals surface area (Å²) in [5.74, 6) is 1.03. The average molecular weight is 308 g/mol. The molecule has 2 heterocycles. The number of halogens is 1. The molecule has 5 heteroatoms. The van der Waals surface area contributed by atoms with Gasteiger partial charge in [-0.2, -0.15) is 0 Å². The fraction of sp³-hybridized carbons (Fsp3) is 0.385. The van der Waals surface area contributed by atoms with Gasteiger partial charge in [0.25, 0.3) is 5.56 Å². The highest BCUT2D eigenvalue weighted by molar-refractivity contribution is 9.10. The smallest absolute Gasteiger partial charge is 0.265 e. The van der Waals surface area contributed by atoms with E-state index < -0.39 is 0 Å². The minimum Gasteiger partial charge on any atom is -0.359 e. The van der Waals surface area contributed by atoms with Crippen LogP contribution in [0.5, 0.6) is 0 Å². The maximum absolute atomic E-state index is 12.0. The number of aromatic amines is 2. The lowest BCUT2D eigenvalue weighted by Crippen LogP contribution is -2.15. The van der Waals surface area contributed by atoms with E-state index in [0.717, 1.165) is 24.2 Å². The van der Waals surface area contributed by atoms with Crippen LogP contribution in [-0.4, -0.2) is 15.0 Å². The first-order chi connectivity index (χ1) is 8.75. The molecule has 0 saturated heterocycles. The molecule has 2 N–H and O–H groups in total. The van der Waals surface area contributed by atoms with Gasteiger partial charge in [0.1, 0.15) is 4.47 Å². The van der Waals surface area contributed by atoms with Crippen LogP contribution in [0, 0.1) is 0 Å². The Bertz CT molecular complexity index is 597. The molecule has 18 heavy (non-hydrogen) atoms. The second kappa shape index (κ2) is 4.72. The van der Waals surface area contributed by atoms with E-state index in [2.05, 4.69) is 30.9 Å². The quantitative estimate of drug-likeness (QED) is 0.895. The molecule has 0 amide bonds. The standard InChI is InChI=1S/C13H14BrN3O/c14-10-11(8-4-1-2-5-8)16-12(17-13(10)18)9-6-3-7-15-9/h3,6-8,15H,1-2,4-5H2,(H,16,17,18). The van der Waals surface area contributed by atoms with Gasteiger partial charge in [0.05, 0.1) is 11.4 Å². The highest BCUT2D eigenvalue weighted by Crippen LogP contribution is 2.35. The van der Waals surface area contributed by atoms with E-state index in [4.69, 9.17) is 0 Å². The Hall–Kier alpha value is -1.36. The van der Waals surface area contributed by atoms with Gasteiger partial charge >= 0.3 is 0 Å². The molecule has 3 rings (SSSR count). The third kappa shape index (κ3) is 2.03. The minimum absolute atomic E-state index is 0.100. The second-order valence-corrected chi connectivity index (χ2v) is 5.47. The number of hydrogen-bond acceptors (Lipinski definition) is 2. The molecule has 0 aliphatic heterocycles. The van der Waals surface area contributed by atoms with Gasteiger partial charge in [0.15, 0.2) is 5.82 Å². The average Bonchev–Trinajstić information content (AvgIpc) is 3.03. The van der Waals surface area contributed by atoms with Crippen LogP contribution >= 0.6 is 15.9 Å². The molecule has 0 atom stereocenters. The second-order valence-electron chi connectivity index (χ2n) is 4.68. The van der Waals surface area contributed by atoms with Crippen LogP contribution in [-0.2, 0) is 0 Å². The fourth-order valence-electron chi connectivity index (χ4n) is 2.55. The molecule has 1 aliphatic rings. The summed E-state index contributed by atoms with van der Waals surface area (Å²) in [4.78, 5) is 22.4. The minimum atomic E-state index is -0.100. The van der Waals surface area contributed by atoms with Crippen LogP contribution in [0.25, 0.3) is 11.5 Å². The Labute approximate surface area is 113 Å². The van der Waals surface area contributed by atoms with Crippen molar-refractivity contribution in [3.05, 3.63) is 38.9 Å². The molecule has 0 unspecified atom stereocenters. The number of hydrogen-bond donors (Lipinski definition) is 2. The zero-order chi connectivity index (χ0) is 12.5. The van der Waals surface area contributed by atoms with E-state index in [1.807, 2.05) is 18.3 Å². The molecule has 0 bridgehead atoms. The molecule has 1 saturated carbocycles. The van der Waals surface area contributed by atoms with E-state index in [1.165, 1.54) is 12.8 Å². The molecular formula is C13H14BrN3O. The summed E-state index contributed by atoms with van der Waals surface area (Å²) in [7, 11) is 0. The Morgan fingerprint density at radius 2 is 2.11 bits per heavy atom. The summed E-state index contributed by atoms with van der Waals surface area (Å²) in [5, 5.41) is 0. The Balaban J connectivity index is 2.10. The molecule has 1 fully saturated rings. The lowest BCUT2D eigenvalue weighted by Gasteiger charge is -2.11. The fourth-order valence-corrected chi connectivity index (χ4v) is 3.06. The molecule has 0 aromatic carbocycles. The van der Waals surface area contributed by atoms with Crippen LogP contribution in [0.3, 0.4) is 0 Å². The normalized spacial score (nSPS) is 16.3. The van der Waals surface area contributed by atoms with Crippen LogP contribution in [0.15, 0.2) is 27.6 Å². The topological polar surface area (TPSA) is 61.5 Å². The van der Waals surface area contributed by atoms with Crippen molar-refractivity contribution in [3.63, 3.8) is 0 Å². The Kier molecular flexibility index (Phi) is 3.07. The number of rotatable bonds is 2. The lowest BCUT2D eigenvalue weighted by atomic mass is 10.0. The zero-order valence-electron chi connectivity index (χ0n) is 9.87. The molecule has 4 nitrogen and oxygen atoms in total. The number of nitrogens with zero attached hydrogens (tertiary/aromatic N) is 1. The number of nitrogens with one attached hydrogen (secondary N) is 2. The summed E-state index contributed by atoms with van der Waals surface area (Å²) in [6, 6.07) is 3.80. The van der Waals surface area contributed by atoms with Crippen molar-refractivity contribution >= 4 is 15.9 Å². The van der Waals surface area contributed by atoms with Crippen molar-refractivity contribution in [2.75, 3.05) is 0 Å².